The first kappa shape index (κ1) is 11.2. The Balaban J connectivity index is 2.06. The second-order valence-electron chi connectivity index (χ2n) is 4.79. The van der Waals surface area contributed by atoms with Gasteiger partial charge in [-0.15, -0.1) is 11.3 Å². The first-order valence-electron chi connectivity index (χ1n) is 5.70. The summed E-state index contributed by atoms with van der Waals surface area (Å²) in [4.78, 5) is 17.1. The van der Waals surface area contributed by atoms with Gasteiger partial charge < -0.3 is 10.6 Å². The van der Waals surface area contributed by atoms with Crippen molar-refractivity contribution in [3.63, 3.8) is 0 Å². The van der Waals surface area contributed by atoms with E-state index in [-0.39, 0.29) is 5.91 Å². The lowest BCUT2D eigenvalue weighted by atomic mass is 10.1. The van der Waals surface area contributed by atoms with Crippen molar-refractivity contribution in [3.8, 4) is 10.4 Å². The van der Waals surface area contributed by atoms with Gasteiger partial charge in [-0.3, -0.25) is 9.78 Å². The lowest BCUT2D eigenvalue weighted by Crippen LogP contribution is -2.52. The van der Waals surface area contributed by atoms with E-state index in [1.807, 2.05) is 32.0 Å². The zero-order valence-electron chi connectivity index (χ0n) is 10.2. The van der Waals surface area contributed by atoms with Crippen LogP contribution in [0, 0.1) is 0 Å². The first-order chi connectivity index (χ1) is 8.55. The van der Waals surface area contributed by atoms with Gasteiger partial charge in [0.05, 0.1) is 5.56 Å². The lowest BCUT2D eigenvalue weighted by Gasteiger charge is -2.32. The fourth-order valence-corrected chi connectivity index (χ4v) is 3.20. The van der Waals surface area contributed by atoms with Gasteiger partial charge in [-0.1, -0.05) is 0 Å². The fourth-order valence-electron chi connectivity index (χ4n) is 1.98. The Morgan fingerprint density at radius 2 is 1.94 bits per heavy atom. The van der Waals surface area contributed by atoms with Crippen molar-refractivity contribution < 1.29 is 4.79 Å². The molecular weight excluding hydrogens is 246 g/mol. The number of rotatable bonds is 1. The van der Waals surface area contributed by atoms with Crippen molar-refractivity contribution >= 4 is 22.2 Å². The first-order valence-corrected chi connectivity index (χ1v) is 6.52. The number of carbonyl (C=O) groups is 1. The predicted octanol–water partition coefficient (Wildman–Crippen LogP) is 2.70. The predicted molar refractivity (Wildman–Crippen MR) is 72.7 cm³/mol. The van der Waals surface area contributed by atoms with Crippen LogP contribution in [0.2, 0.25) is 0 Å². The number of hydrogen-bond acceptors (Lipinski definition) is 4. The minimum atomic E-state index is -0.398. The molecule has 0 radical (unpaired) electrons. The van der Waals surface area contributed by atoms with Crippen LogP contribution in [-0.4, -0.2) is 16.6 Å². The highest BCUT2D eigenvalue weighted by molar-refractivity contribution is 7.19. The Bertz CT molecular complexity index is 604. The molecule has 0 unspecified atom stereocenters. The number of amides is 1. The van der Waals surface area contributed by atoms with Gasteiger partial charge in [-0.2, -0.15) is 0 Å². The van der Waals surface area contributed by atoms with E-state index in [1.165, 1.54) is 0 Å². The number of aromatic nitrogens is 1. The summed E-state index contributed by atoms with van der Waals surface area (Å²) >= 11 is 1.59. The van der Waals surface area contributed by atoms with Crippen LogP contribution in [-0.2, 0) is 0 Å². The molecule has 0 aliphatic carbocycles. The molecule has 2 aromatic heterocycles. The highest BCUT2D eigenvalue weighted by Crippen LogP contribution is 2.38. The average Bonchev–Trinajstić information content (AvgIpc) is 2.72. The molecular formula is C13H13N3OS. The number of nitrogens with one attached hydrogen (secondary N) is 2. The Morgan fingerprint density at radius 3 is 2.67 bits per heavy atom. The van der Waals surface area contributed by atoms with Crippen LogP contribution in [0.4, 0.5) is 5.00 Å². The van der Waals surface area contributed by atoms with Crippen LogP contribution < -0.4 is 10.6 Å². The molecule has 0 fully saturated rings. The molecule has 0 spiro atoms. The minimum absolute atomic E-state index is 0.0229. The third kappa shape index (κ3) is 1.86. The van der Waals surface area contributed by atoms with E-state index in [1.54, 1.807) is 23.7 Å². The van der Waals surface area contributed by atoms with Crippen LogP contribution in [0.25, 0.3) is 10.4 Å². The molecule has 0 atom stereocenters. The molecule has 1 aliphatic rings. The van der Waals surface area contributed by atoms with E-state index in [4.69, 9.17) is 0 Å². The van der Waals surface area contributed by atoms with Crippen molar-refractivity contribution in [3.05, 3.63) is 36.2 Å². The van der Waals surface area contributed by atoms with Crippen LogP contribution in [0.15, 0.2) is 30.6 Å². The third-order valence-corrected chi connectivity index (χ3v) is 3.89. The summed E-state index contributed by atoms with van der Waals surface area (Å²) in [6, 6.07) is 5.81. The summed E-state index contributed by atoms with van der Waals surface area (Å²) in [5.74, 6) is -0.0229. The number of carbonyl (C=O) groups excluding carboxylic acids is 1. The normalized spacial score (nSPS) is 16.7. The monoisotopic (exact) mass is 259 g/mol. The van der Waals surface area contributed by atoms with Gasteiger partial charge in [-0.25, -0.2) is 0 Å². The van der Waals surface area contributed by atoms with Gasteiger partial charge in [0, 0.05) is 17.3 Å². The standard InChI is InChI=1S/C13H13N3OS/c1-13(2)15-11(17)9-7-10(18-12(9)16-13)8-3-5-14-6-4-8/h3-7,16H,1-2H3,(H,15,17). The van der Waals surface area contributed by atoms with Crippen molar-refractivity contribution in [1.82, 2.24) is 10.3 Å². The molecule has 92 valence electrons. The van der Waals surface area contributed by atoms with Gasteiger partial charge in [0.15, 0.2) is 0 Å². The molecule has 0 saturated heterocycles. The summed E-state index contributed by atoms with van der Waals surface area (Å²) < 4.78 is 0. The van der Waals surface area contributed by atoms with E-state index < -0.39 is 5.66 Å². The lowest BCUT2D eigenvalue weighted by molar-refractivity contribution is 0.0915. The third-order valence-electron chi connectivity index (χ3n) is 2.79. The molecule has 3 heterocycles. The molecule has 0 aromatic carbocycles. The van der Waals surface area contributed by atoms with Gasteiger partial charge in [0.1, 0.15) is 10.7 Å². The quantitative estimate of drug-likeness (QED) is 0.828. The van der Waals surface area contributed by atoms with E-state index >= 15 is 0 Å². The van der Waals surface area contributed by atoms with E-state index in [0.717, 1.165) is 15.4 Å². The Hall–Kier alpha value is -1.88. The van der Waals surface area contributed by atoms with E-state index in [9.17, 15) is 4.79 Å². The maximum atomic E-state index is 12.0. The summed E-state index contributed by atoms with van der Waals surface area (Å²) in [5.41, 5.74) is 1.40. The number of thiophene rings is 1. The molecule has 0 saturated carbocycles. The smallest absolute Gasteiger partial charge is 0.256 e. The van der Waals surface area contributed by atoms with E-state index in [0.29, 0.717) is 5.56 Å². The average molecular weight is 259 g/mol. The number of pyridine rings is 1. The van der Waals surface area contributed by atoms with Crippen LogP contribution in [0.3, 0.4) is 0 Å². The van der Waals surface area contributed by atoms with Gasteiger partial charge >= 0.3 is 0 Å². The molecule has 0 bridgehead atoms. The number of fused-ring (bicyclic) bond motifs is 1. The van der Waals surface area contributed by atoms with Crippen LogP contribution >= 0.6 is 11.3 Å². The summed E-state index contributed by atoms with van der Waals surface area (Å²) in [6.07, 6.45) is 3.51. The van der Waals surface area contributed by atoms with Gasteiger partial charge in [-0.05, 0) is 37.6 Å². The van der Waals surface area contributed by atoms with Crippen molar-refractivity contribution in [2.24, 2.45) is 0 Å². The Kier molecular flexibility index (Phi) is 2.38. The van der Waals surface area contributed by atoms with E-state index in [2.05, 4.69) is 15.6 Å². The number of nitrogens with zero attached hydrogens (tertiary/aromatic N) is 1. The van der Waals surface area contributed by atoms with Crippen molar-refractivity contribution in [2.75, 3.05) is 5.32 Å². The second kappa shape index (κ2) is 3.81. The fraction of sp³-hybridized carbons (Fsp3) is 0.231. The Morgan fingerprint density at radius 1 is 1.22 bits per heavy atom. The molecule has 4 nitrogen and oxygen atoms in total. The molecule has 1 amide bonds. The SMILES string of the molecule is CC1(C)NC(=O)c2cc(-c3ccncc3)sc2N1. The zero-order chi connectivity index (χ0) is 12.8. The number of anilines is 1. The Labute approximate surface area is 109 Å². The molecule has 2 aromatic rings. The second-order valence-corrected chi connectivity index (χ2v) is 5.85. The summed E-state index contributed by atoms with van der Waals surface area (Å²) in [6.45, 7) is 3.89. The maximum absolute atomic E-state index is 12.0. The van der Waals surface area contributed by atoms with Gasteiger partial charge in [0.25, 0.3) is 5.91 Å². The largest absolute Gasteiger partial charge is 0.354 e. The molecule has 2 N–H and O–H groups in total. The zero-order valence-corrected chi connectivity index (χ0v) is 11.0. The van der Waals surface area contributed by atoms with Crippen LogP contribution in [0.5, 0.6) is 0 Å². The molecule has 1 aliphatic heterocycles. The number of hydrogen-bond donors (Lipinski definition) is 2. The molecule has 3 rings (SSSR count). The highest BCUT2D eigenvalue weighted by atomic mass is 32.1. The van der Waals surface area contributed by atoms with Gasteiger partial charge in [0.2, 0.25) is 0 Å². The summed E-state index contributed by atoms with van der Waals surface area (Å²) in [7, 11) is 0. The topological polar surface area (TPSA) is 54.0 Å². The molecule has 18 heavy (non-hydrogen) atoms. The minimum Gasteiger partial charge on any atom is -0.354 e. The van der Waals surface area contributed by atoms with Crippen molar-refractivity contribution in [2.45, 2.75) is 19.5 Å². The molecule has 5 heteroatoms. The van der Waals surface area contributed by atoms with Crippen LogP contribution in [0.1, 0.15) is 24.2 Å². The van der Waals surface area contributed by atoms with Crippen molar-refractivity contribution in [1.29, 1.82) is 0 Å². The maximum Gasteiger partial charge on any atom is 0.256 e. The highest BCUT2D eigenvalue weighted by Gasteiger charge is 2.30. The summed E-state index contributed by atoms with van der Waals surface area (Å²) in [5, 5.41) is 7.18.